The number of likely N-dealkylation sites (tertiary alicyclic amines) is 1. The maximum absolute atomic E-state index is 13.8. The summed E-state index contributed by atoms with van der Waals surface area (Å²) in [5.74, 6) is -0.0503. The van der Waals surface area contributed by atoms with Crippen LogP contribution in [0.25, 0.3) is 22.0 Å². The summed E-state index contributed by atoms with van der Waals surface area (Å²) < 4.78 is 23.4. The number of carbonyl (C=O) groups is 2. The van der Waals surface area contributed by atoms with E-state index >= 15 is 0 Å². The van der Waals surface area contributed by atoms with Crippen LogP contribution in [-0.4, -0.2) is 67.7 Å². The number of nitrogens with two attached hydrogens (primary N) is 1. The zero-order valence-corrected chi connectivity index (χ0v) is 28.4. The molecule has 2 amide bonds. The van der Waals surface area contributed by atoms with Crippen LogP contribution < -0.4 is 10.5 Å². The number of hydrogen-bond acceptors (Lipinski definition) is 5. The molecule has 49 heavy (non-hydrogen) atoms. The Balaban J connectivity index is 1.15. The first-order chi connectivity index (χ1) is 23.7. The fourth-order valence-electron chi connectivity index (χ4n) is 6.49. The first-order valence-corrected chi connectivity index (χ1v) is 18.4. The first kappa shape index (κ1) is 34.1. The number of rotatable bonds is 14. The van der Waals surface area contributed by atoms with Gasteiger partial charge in [0.15, 0.2) is 0 Å². The summed E-state index contributed by atoms with van der Waals surface area (Å²) in [6, 6.07) is 30.3. The molecule has 10 heteroatoms. The van der Waals surface area contributed by atoms with Gasteiger partial charge in [0.05, 0.1) is 4.90 Å². The van der Waals surface area contributed by atoms with Gasteiger partial charge in [-0.3, -0.25) is 9.59 Å². The highest BCUT2D eigenvalue weighted by molar-refractivity contribution is 7.89. The van der Waals surface area contributed by atoms with Crippen molar-refractivity contribution in [3.8, 4) is 11.1 Å². The molecular formula is C39H43N5O4S. The number of H-pyrrole nitrogens is 1. The summed E-state index contributed by atoms with van der Waals surface area (Å²) >= 11 is 0. The number of aromatic amines is 1. The van der Waals surface area contributed by atoms with E-state index < -0.39 is 10.0 Å². The third kappa shape index (κ3) is 9.03. The van der Waals surface area contributed by atoms with Crippen LogP contribution in [-0.2, 0) is 34.2 Å². The van der Waals surface area contributed by atoms with Gasteiger partial charge in [-0.1, -0.05) is 60.7 Å². The Morgan fingerprint density at radius 3 is 2.35 bits per heavy atom. The van der Waals surface area contributed by atoms with Crippen molar-refractivity contribution in [1.82, 2.24) is 20.1 Å². The second kappa shape index (κ2) is 15.6. The molecule has 1 fully saturated rings. The van der Waals surface area contributed by atoms with Crippen molar-refractivity contribution in [2.24, 2.45) is 5.14 Å². The topological polar surface area (TPSA) is 129 Å². The van der Waals surface area contributed by atoms with Crippen molar-refractivity contribution in [3.63, 3.8) is 0 Å². The Kier molecular flexibility index (Phi) is 10.9. The molecule has 1 saturated heterocycles. The first-order valence-electron chi connectivity index (χ1n) is 16.9. The molecule has 254 valence electrons. The predicted molar refractivity (Wildman–Crippen MR) is 193 cm³/mol. The van der Waals surface area contributed by atoms with E-state index in [0.717, 1.165) is 58.4 Å². The lowest BCUT2D eigenvalue weighted by atomic mass is 10.0. The number of para-hydroxylation sites is 1. The van der Waals surface area contributed by atoms with Crippen molar-refractivity contribution in [2.45, 2.75) is 43.5 Å². The van der Waals surface area contributed by atoms with Crippen molar-refractivity contribution in [3.05, 3.63) is 126 Å². The molecule has 0 radical (unpaired) electrons. The van der Waals surface area contributed by atoms with Crippen LogP contribution in [0.4, 0.5) is 0 Å². The number of benzene rings is 4. The predicted octanol–water partition coefficient (Wildman–Crippen LogP) is 5.51. The van der Waals surface area contributed by atoms with Crippen LogP contribution in [0.5, 0.6) is 0 Å². The van der Waals surface area contributed by atoms with Gasteiger partial charge in [0.1, 0.15) is 0 Å². The lowest BCUT2D eigenvalue weighted by Gasteiger charge is -2.23. The van der Waals surface area contributed by atoms with E-state index in [2.05, 4.69) is 27.3 Å². The minimum Gasteiger partial charge on any atom is -0.361 e. The number of carbonyl (C=O) groups excluding carboxylic acids is 2. The monoisotopic (exact) mass is 677 g/mol. The molecule has 0 atom stereocenters. The number of fused-ring (bicyclic) bond motifs is 1. The molecule has 9 nitrogen and oxygen atoms in total. The molecular weight excluding hydrogens is 635 g/mol. The third-order valence-electron chi connectivity index (χ3n) is 9.23. The van der Waals surface area contributed by atoms with Crippen molar-refractivity contribution < 1.29 is 18.0 Å². The van der Waals surface area contributed by atoms with E-state index in [1.54, 1.807) is 12.1 Å². The largest absolute Gasteiger partial charge is 0.361 e. The van der Waals surface area contributed by atoms with Gasteiger partial charge in [-0.25, -0.2) is 13.6 Å². The summed E-state index contributed by atoms with van der Waals surface area (Å²) in [7, 11) is -3.78. The van der Waals surface area contributed by atoms with Gasteiger partial charge in [-0.05, 0) is 103 Å². The average Bonchev–Trinajstić information content (AvgIpc) is 3.79. The Morgan fingerprint density at radius 1 is 0.837 bits per heavy atom. The number of primary sulfonamides is 1. The van der Waals surface area contributed by atoms with Crippen molar-refractivity contribution in [2.75, 3.05) is 32.7 Å². The molecule has 1 aromatic heterocycles. The van der Waals surface area contributed by atoms with E-state index in [1.807, 2.05) is 71.8 Å². The van der Waals surface area contributed by atoms with Crippen LogP contribution in [0.1, 0.15) is 46.3 Å². The normalized spacial score (nSPS) is 13.5. The Bertz CT molecular complexity index is 2020. The van der Waals surface area contributed by atoms with Crippen LogP contribution in [0.15, 0.2) is 108 Å². The average molecular weight is 678 g/mol. The minimum atomic E-state index is -3.78. The fraction of sp³-hybridized carbons (Fsp3) is 0.282. The molecule has 1 aliphatic heterocycles. The summed E-state index contributed by atoms with van der Waals surface area (Å²) in [6.45, 7) is 4.56. The second-order valence-corrected chi connectivity index (χ2v) is 14.3. The number of aryl methyl sites for hydroxylation is 1. The summed E-state index contributed by atoms with van der Waals surface area (Å²) in [6.07, 6.45) is 5.93. The molecule has 0 saturated carbocycles. The van der Waals surface area contributed by atoms with Crippen LogP contribution in [0, 0.1) is 0 Å². The fourth-order valence-corrected chi connectivity index (χ4v) is 7.00. The molecule has 4 N–H and O–H groups in total. The molecule has 4 aromatic carbocycles. The van der Waals surface area contributed by atoms with Crippen LogP contribution >= 0.6 is 0 Å². The second-order valence-electron chi connectivity index (χ2n) is 12.7. The van der Waals surface area contributed by atoms with Crippen molar-refractivity contribution in [1.29, 1.82) is 0 Å². The molecule has 1 aliphatic rings. The summed E-state index contributed by atoms with van der Waals surface area (Å²) in [5.41, 5.74) is 6.55. The molecule has 6 rings (SSSR count). The number of aromatic nitrogens is 1. The Hall–Kier alpha value is -4.77. The molecule has 5 aromatic rings. The van der Waals surface area contributed by atoms with Crippen LogP contribution in [0.2, 0.25) is 0 Å². The van der Waals surface area contributed by atoms with E-state index in [-0.39, 0.29) is 16.7 Å². The highest BCUT2D eigenvalue weighted by Gasteiger charge is 2.17. The number of nitrogens with one attached hydrogen (secondary N) is 2. The van der Waals surface area contributed by atoms with Gasteiger partial charge in [0.25, 0.3) is 5.91 Å². The Morgan fingerprint density at radius 2 is 1.57 bits per heavy atom. The van der Waals surface area contributed by atoms with E-state index in [1.165, 1.54) is 25.0 Å². The smallest absolute Gasteiger partial charge is 0.251 e. The molecule has 0 spiro atoms. The minimum absolute atomic E-state index is 0.0319. The SMILES string of the molecule is NS(=O)(=O)c1ccc(CCN(Cc2cccc(-c3cccc(C(=O)NCCN4CCCC4)c3)c2)C(=O)CCc2c[nH]c3ccccc23)cc1. The number of nitrogens with zero attached hydrogens (tertiary/aromatic N) is 2. The van der Waals surface area contributed by atoms with Gasteiger partial charge < -0.3 is 20.1 Å². The maximum atomic E-state index is 13.8. The zero-order valence-electron chi connectivity index (χ0n) is 27.6. The zero-order chi connectivity index (χ0) is 34.2. The summed E-state index contributed by atoms with van der Waals surface area (Å²) in [5, 5.41) is 9.46. The lowest BCUT2D eigenvalue weighted by Crippen LogP contribution is -2.33. The Labute approximate surface area is 288 Å². The van der Waals surface area contributed by atoms with E-state index in [9.17, 15) is 18.0 Å². The van der Waals surface area contributed by atoms with E-state index in [4.69, 9.17) is 5.14 Å². The third-order valence-corrected chi connectivity index (χ3v) is 10.2. The number of sulfonamides is 1. The van der Waals surface area contributed by atoms with Gasteiger partial charge in [0.2, 0.25) is 15.9 Å². The molecule has 0 aliphatic carbocycles. The van der Waals surface area contributed by atoms with Crippen LogP contribution in [0.3, 0.4) is 0 Å². The lowest BCUT2D eigenvalue weighted by molar-refractivity contribution is -0.131. The standard InChI is InChI=1S/C39H43N5O4S/c40-49(47,48)35-16-13-29(14-17-35)19-23-44(38(45)18-15-34-27-42-37-12-2-1-11-36(34)37)28-30-7-5-8-31(25-30)32-9-6-10-33(26-32)39(46)41-20-24-43-21-3-4-22-43/h1-2,5-14,16-17,25-27,42H,3-4,15,18-24,28H2,(H,41,46)(H2,40,47,48). The highest BCUT2D eigenvalue weighted by Crippen LogP contribution is 2.24. The summed E-state index contributed by atoms with van der Waals surface area (Å²) in [4.78, 5) is 34.4. The van der Waals surface area contributed by atoms with Gasteiger partial charge >= 0.3 is 0 Å². The van der Waals surface area contributed by atoms with Gasteiger partial charge in [-0.15, -0.1) is 0 Å². The quantitative estimate of drug-likeness (QED) is 0.143. The maximum Gasteiger partial charge on any atom is 0.251 e. The van der Waals surface area contributed by atoms with Crippen molar-refractivity contribution >= 4 is 32.7 Å². The number of amides is 2. The molecule has 0 unspecified atom stereocenters. The van der Waals surface area contributed by atoms with Gasteiger partial charge in [0, 0.05) is 55.3 Å². The highest BCUT2D eigenvalue weighted by atomic mass is 32.2. The number of hydrogen-bond donors (Lipinski definition) is 3. The van der Waals surface area contributed by atoms with Gasteiger partial charge in [-0.2, -0.15) is 0 Å². The molecule has 0 bridgehead atoms. The van der Waals surface area contributed by atoms with E-state index in [0.29, 0.717) is 44.5 Å². The molecule has 2 heterocycles.